The van der Waals surface area contributed by atoms with Crippen molar-refractivity contribution < 1.29 is 4.74 Å². The summed E-state index contributed by atoms with van der Waals surface area (Å²) in [5, 5.41) is 3.72. The summed E-state index contributed by atoms with van der Waals surface area (Å²) in [6, 6.07) is 1.40. The molecule has 1 aliphatic heterocycles. The number of nitrogens with one attached hydrogen (secondary N) is 1. The molecule has 1 heterocycles. The maximum Gasteiger partial charge on any atom is 0.0753 e. The molecular weight excluding hydrogens is 224 g/mol. The van der Waals surface area contributed by atoms with Gasteiger partial charge < -0.3 is 10.1 Å². The first-order chi connectivity index (χ1) is 8.62. The average molecular weight is 254 g/mol. The van der Waals surface area contributed by atoms with Gasteiger partial charge in [-0.05, 0) is 33.2 Å². The summed E-state index contributed by atoms with van der Waals surface area (Å²) in [7, 11) is 0. The van der Waals surface area contributed by atoms with Gasteiger partial charge in [-0.1, -0.05) is 26.2 Å². The van der Waals surface area contributed by atoms with Gasteiger partial charge in [0.25, 0.3) is 0 Å². The Bertz CT molecular complexity index is 255. The highest BCUT2D eigenvalue weighted by molar-refractivity contribution is 4.91. The van der Waals surface area contributed by atoms with E-state index in [0.717, 1.165) is 32.3 Å². The molecule has 0 spiro atoms. The van der Waals surface area contributed by atoms with Gasteiger partial charge in [0, 0.05) is 25.2 Å². The van der Waals surface area contributed by atoms with Gasteiger partial charge in [0.2, 0.25) is 0 Å². The van der Waals surface area contributed by atoms with Gasteiger partial charge in [-0.2, -0.15) is 0 Å². The topological polar surface area (TPSA) is 24.5 Å². The number of morpholine rings is 1. The molecule has 1 aliphatic carbocycles. The molecule has 2 unspecified atom stereocenters. The Morgan fingerprint density at radius 1 is 1.22 bits per heavy atom. The summed E-state index contributed by atoms with van der Waals surface area (Å²) in [5.41, 5.74) is 0.0291. The molecule has 0 aromatic rings. The van der Waals surface area contributed by atoms with Crippen molar-refractivity contribution in [3.63, 3.8) is 0 Å². The Kier molecular flexibility index (Phi) is 5.05. The molecular formula is C15H30N2O. The van der Waals surface area contributed by atoms with Crippen molar-refractivity contribution in [2.75, 3.05) is 26.2 Å². The van der Waals surface area contributed by atoms with Crippen LogP contribution >= 0.6 is 0 Å². The van der Waals surface area contributed by atoms with E-state index >= 15 is 0 Å². The van der Waals surface area contributed by atoms with Crippen molar-refractivity contribution >= 4 is 0 Å². The van der Waals surface area contributed by atoms with Crippen LogP contribution in [0, 0.1) is 0 Å². The van der Waals surface area contributed by atoms with Crippen LogP contribution in [0.5, 0.6) is 0 Å². The third-order valence-electron chi connectivity index (χ3n) is 4.37. The molecule has 0 aromatic heterocycles. The zero-order valence-electron chi connectivity index (χ0n) is 12.4. The summed E-state index contributed by atoms with van der Waals surface area (Å²) in [6.45, 7) is 10.8. The first-order valence-electron chi connectivity index (χ1n) is 7.74. The molecule has 2 atom stereocenters. The van der Waals surface area contributed by atoms with Crippen LogP contribution in [-0.4, -0.2) is 48.8 Å². The molecule has 18 heavy (non-hydrogen) atoms. The number of nitrogens with zero attached hydrogens (tertiary/aromatic N) is 1. The lowest BCUT2D eigenvalue weighted by Gasteiger charge is -2.44. The monoisotopic (exact) mass is 254 g/mol. The van der Waals surface area contributed by atoms with Crippen LogP contribution in [0.3, 0.4) is 0 Å². The number of rotatable bonds is 3. The second-order valence-electron chi connectivity index (χ2n) is 6.45. The average Bonchev–Trinajstić information content (AvgIpc) is 2.54. The van der Waals surface area contributed by atoms with Crippen LogP contribution in [0.15, 0.2) is 0 Å². The minimum atomic E-state index is 0.0291. The quantitative estimate of drug-likeness (QED) is 0.783. The fourth-order valence-corrected chi connectivity index (χ4v) is 3.56. The predicted octanol–water partition coefficient (Wildman–Crippen LogP) is 2.41. The van der Waals surface area contributed by atoms with Crippen molar-refractivity contribution in [1.29, 1.82) is 0 Å². The molecule has 2 aliphatic rings. The number of hydrogen-bond donors (Lipinski definition) is 1. The highest BCUT2D eigenvalue weighted by atomic mass is 16.5. The molecule has 1 saturated carbocycles. The molecule has 1 saturated heterocycles. The third-order valence-corrected chi connectivity index (χ3v) is 4.37. The molecule has 106 valence electrons. The molecule has 3 nitrogen and oxygen atoms in total. The van der Waals surface area contributed by atoms with Crippen LogP contribution in [-0.2, 0) is 4.74 Å². The Balaban J connectivity index is 2.02. The largest absolute Gasteiger partial charge is 0.373 e. The van der Waals surface area contributed by atoms with E-state index in [4.69, 9.17) is 4.74 Å². The van der Waals surface area contributed by atoms with E-state index < -0.39 is 0 Å². The fraction of sp³-hybridized carbons (Fsp3) is 1.00. The Labute approximate surface area is 112 Å². The molecule has 3 heteroatoms. The Morgan fingerprint density at radius 2 is 2.00 bits per heavy atom. The van der Waals surface area contributed by atoms with Gasteiger partial charge >= 0.3 is 0 Å². The van der Waals surface area contributed by atoms with Crippen LogP contribution in [0.4, 0.5) is 0 Å². The summed E-state index contributed by atoms with van der Waals surface area (Å²) in [6.07, 6.45) is 6.89. The molecule has 0 amide bonds. The van der Waals surface area contributed by atoms with Crippen LogP contribution in [0.2, 0.25) is 0 Å². The third kappa shape index (κ3) is 3.69. The van der Waals surface area contributed by atoms with Crippen LogP contribution < -0.4 is 5.32 Å². The van der Waals surface area contributed by atoms with E-state index in [0.29, 0.717) is 6.04 Å². The zero-order valence-corrected chi connectivity index (χ0v) is 12.4. The van der Waals surface area contributed by atoms with E-state index in [1.165, 1.54) is 32.1 Å². The van der Waals surface area contributed by atoms with Gasteiger partial charge in [-0.3, -0.25) is 4.90 Å². The number of likely N-dealkylation sites (N-methyl/N-ethyl adjacent to an activating group) is 1. The summed E-state index contributed by atoms with van der Waals surface area (Å²) in [4.78, 5) is 2.68. The van der Waals surface area contributed by atoms with Gasteiger partial charge in [0.15, 0.2) is 0 Å². The van der Waals surface area contributed by atoms with E-state index in [2.05, 4.69) is 31.0 Å². The predicted molar refractivity (Wildman–Crippen MR) is 75.9 cm³/mol. The van der Waals surface area contributed by atoms with E-state index in [9.17, 15) is 0 Å². The van der Waals surface area contributed by atoms with Crippen molar-refractivity contribution in [2.24, 2.45) is 0 Å². The standard InChI is InChI=1S/C15H30N2O/c1-4-16-13-8-6-5-7-9-14(13)17-10-11-18-15(2,3)12-17/h13-14,16H,4-12H2,1-3H3. The highest BCUT2D eigenvalue weighted by Crippen LogP contribution is 2.26. The van der Waals surface area contributed by atoms with Crippen molar-refractivity contribution in [3.05, 3.63) is 0 Å². The summed E-state index contributed by atoms with van der Waals surface area (Å²) in [5.74, 6) is 0. The second kappa shape index (κ2) is 6.36. The lowest BCUT2D eigenvalue weighted by Crippen LogP contribution is -2.57. The Hall–Kier alpha value is -0.120. The molecule has 0 radical (unpaired) electrons. The highest BCUT2D eigenvalue weighted by Gasteiger charge is 2.34. The van der Waals surface area contributed by atoms with Gasteiger partial charge in [-0.15, -0.1) is 0 Å². The zero-order chi connectivity index (χ0) is 13.0. The summed E-state index contributed by atoms with van der Waals surface area (Å²) >= 11 is 0. The van der Waals surface area contributed by atoms with E-state index in [-0.39, 0.29) is 5.60 Å². The molecule has 0 bridgehead atoms. The maximum atomic E-state index is 5.85. The summed E-state index contributed by atoms with van der Waals surface area (Å²) < 4.78 is 5.85. The first-order valence-corrected chi connectivity index (χ1v) is 7.74. The minimum absolute atomic E-state index is 0.0291. The van der Waals surface area contributed by atoms with Crippen molar-refractivity contribution in [2.45, 2.75) is 70.6 Å². The first kappa shape index (κ1) is 14.3. The minimum Gasteiger partial charge on any atom is -0.373 e. The molecule has 1 N–H and O–H groups in total. The van der Waals surface area contributed by atoms with Gasteiger partial charge in [0.05, 0.1) is 12.2 Å². The number of ether oxygens (including phenoxy) is 1. The smallest absolute Gasteiger partial charge is 0.0753 e. The van der Waals surface area contributed by atoms with Crippen LogP contribution in [0.1, 0.15) is 52.9 Å². The van der Waals surface area contributed by atoms with Crippen molar-refractivity contribution in [1.82, 2.24) is 10.2 Å². The molecule has 0 aromatic carbocycles. The maximum absolute atomic E-state index is 5.85. The van der Waals surface area contributed by atoms with E-state index in [1.54, 1.807) is 0 Å². The SMILES string of the molecule is CCNC1CCCCCC1N1CCOC(C)(C)C1. The lowest BCUT2D eigenvalue weighted by molar-refractivity contribution is -0.101. The van der Waals surface area contributed by atoms with E-state index in [1.807, 2.05) is 0 Å². The fourth-order valence-electron chi connectivity index (χ4n) is 3.56. The lowest BCUT2D eigenvalue weighted by atomic mass is 9.97. The molecule has 2 fully saturated rings. The van der Waals surface area contributed by atoms with Crippen LogP contribution in [0.25, 0.3) is 0 Å². The normalized spacial score (nSPS) is 34.2. The van der Waals surface area contributed by atoms with Crippen molar-refractivity contribution in [3.8, 4) is 0 Å². The van der Waals surface area contributed by atoms with Gasteiger partial charge in [-0.25, -0.2) is 0 Å². The Morgan fingerprint density at radius 3 is 2.72 bits per heavy atom. The molecule has 2 rings (SSSR count). The number of hydrogen-bond acceptors (Lipinski definition) is 3. The van der Waals surface area contributed by atoms with Gasteiger partial charge in [0.1, 0.15) is 0 Å². The second-order valence-corrected chi connectivity index (χ2v) is 6.45.